The first-order valence-electron chi connectivity index (χ1n) is 3.56. The van der Waals surface area contributed by atoms with Crippen LogP contribution >= 0.6 is 0 Å². The Bertz CT molecular complexity index is 194. The number of hydrogen-bond donors (Lipinski definition) is 4. The van der Waals surface area contributed by atoms with Gasteiger partial charge in [0.25, 0.3) is 0 Å². The molecule has 0 aromatic rings. The Kier molecular flexibility index (Phi) is 4.78. The number of carboxylic acid groups (broad SMARTS) is 1. The molecule has 0 aliphatic heterocycles. The summed E-state index contributed by atoms with van der Waals surface area (Å²) in [6, 6.07) is -0.565. The average Bonchev–Trinajstić information content (AvgIpc) is 1.98. The van der Waals surface area contributed by atoms with Crippen molar-refractivity contribution in [2.75, 3.05) is 20.6 Å². The molecule has 76 valence electrons. The van der Waals surface area contributed by atoms with Gasteiger partial charge in [0, 0.05) is 14.1 Å². The van der Waals surface area contributed by atoms with Crippen molar-refractivity contribution in [3.8, 4) is 0 Å². The number of carboxylic acids is 1. The highest BCUT2D eigenvalue weighted by atomic mass is 16.4. The van der Waals surface area contributed by atoms with E-state index < -0.39 is 18.1 Å². The Labute approximate surface area is 75.3 Å². The van der Waals surface area contributed by atoms with Crippen molar-refractivity contribution in [1.82, 2.24) is 15.8 Å². The molecule has 0 spiro atoms. The lowest BCUT2D eigenvalue weighted by Crippen LogP contribution is -2.46. The van der Waals surface area contributed by atoms with E-state index in [0.29, 0.717) is 0 Å². The molecule has 2 amide bonds. The SMILES string of the molecule is CN(C)NC(=O)NC[C@H](O)C(=O)O. The summed E-state index contributed by atoms with van der Waals surface area (Å²) in [4.78, 5) is 20.9. The zero-order valence-electron chi connectivity index (χ0n) is 7.44. The Morgan fingerprint density at radius 2 is 2.00 bits per heavy atom. The van der Waals surface area contributed by atoms with Crippen LogP contribution in [0.5, 0.6) is 0 Å². The monoisotopic (exact) mass is 191 g/mol. The highest BCUT2D eigenvalue weighted by molar-refractivity contribution is 5.76. The predicted molar refractivity (Wildman–Crippen MR) is 43.9 cm³/mol. The number of nitrogens with zero attached hydrogens (tertiary/aromatic N) is 1. The van der Waals surface area contributed by atoms with E-state index >= 15 is 0 Å². The van der Waals surface area contributed by atoms with E-state index in [1.165, 1.54) is 5.01 Å². The van der Waals surface area contributed by atoms with Crippen molar-refractivity contribution >= 4 is 12.0 Å². The maximum atomic E-state index is 10.8. The van der Waals surface area contributed by atoms with Gasteiger partial charge in [0.05, 0.1) is 6.54 Å². The van der Waals surface area contributed by atoms with Gasteiger partial charge in [-0.15, -0.1) is 0 Å². The zero-order chi connectivity index (χ0) is 10.4. The van der Waals surface area contributed by atoms with Gasteiger partial charge < -0.3 is 15.5 Å². The van der Waals surface area contributed by atoms with E-state index in [2.05, 4.69) is 10.7 Å². The maximum Gasteiger partial charge on any atom is 0.334 e. The summed E-state index contributed by atoms with van der Waals surface area (Å²) in [5.41, 5.74) is 2.32. The molecule has 7 nitrogen and oxygen atoms in total. The van der Waals surface area contributed by atoms with Crippen molar-refractivity contribution in [3.05, 3.63) is 0 Å². The summed E-state index contributed by atoms with van der Waals surface area (Å²) < 4.78 is 0. The summed E-state index contributed by atoms with van der Waals surface area (Å²) in [5, 5.41) is 20.6. The molecule has 0 fully saturated rings. The molecule has 0 rings (SSSR count). The van der Waals surface area contributed by atoms with Crippen LogP contribution in [0.15, 0.2) is 0 Å². The highest BCUT2D eigenvalue weighted by Gasteiger charge is 2.13. The van der Waals surface area contributed by atoms with Crippen LogP contribution in [-0.2, 0) is 4.79 Å². The molecule has 7 heteroatoms. The van der Waals surface area contributed by atoms with Crippen LogP contribution in [0, 0.1) is 0 Å². The molecule has 0 saturated heterocycles. The van der Waals surface area contributed by atoms with E-state index in [4.69, 9.17) is 10.2 Å². The average molecular weight is 191 g/mol. The number of rotatable bonds is 4. The maximum absolute atomic E-state index is 10.8. The summed E-state index contributed by atoms with van der Waals surface area (Å²) in [6.45, 7) is -0.324. The molecule has 4 N–H and O–H groups in total. The van der Waals surface area contributed by atoms with Gasteiger partial charge in [-0.3, -0.25) is 5.43 Å². The molecule has 0 unspecified atom stereocenters. The minimum absolute atomic E-state index is 0.324. The number of carbonyl (C=O) groups is 2. The third-order valence-corrected chi connectivity index (χ3v) is 1.07. The molecule has 0 radical (unpaired) electrons. The topological polar surface area (TPSA) is 102 Å². The van der Waals surface area contributed by atoms with Gasteiger partial charge in [-0.25, -0.2) is 14.6 Å². The summed E-state index contributed by atoms with van der Waals surface area (Å²) in [7, 11) is 3.21. The molecule has 1 atom stereocenters. The van der Waals surface area contributed by atoms with Crippen molar-refractivity contribution < 1.29 is 19.8 Å². The van der Waals surface area contributed by atoms with E-state index in [9.17, 15) is 9.59 Å². The van der Waals surface area contributed by atoms with Crippen molar-refractivity contribution in [1.29, 1.82) is 0 Å². The van der Waals surface area contributed by atoms with E-state index in [1.807, 2.05) is 0 Å². The van der Waals surface area contributed by atoms with E-state index in [0.717, 1.165) is 0 Å². The number of urea groups is 1. The number of aliphatic hydroxyl groups excluding tert-OH is 1. The Morgan fingerprint density at radius 3 is 2.38 bits per heavy atom. The molecule has 0 aliphatic carbocycles. The Balaban J connectivity index is 3.64. The van der Waals surface area contributed by atoms with Crippen LogP contribution in [0.25, 0.3) is 0 Å². The largest absolute Gasteiger partial charge is 0.479 e. The third-order valence-electron chi connectivity index (χ3n) is 1.07. The normalized spacial score (nSPS) is 12.3. The fourth-order valence-electron chi connectivity index (χ4n) is 0.519. The van der Waals surface area contributed by atoms with Crippen LogP contribution in [0.4, 0.5) is 4.79 Å². The first-order chi connectivity index (χ1) is 5.93. The van der Waals surface area contributed by atoms with Crippen LogP contribution < -0.4 is 10.7 Å². The number of nitrogens with one attached hydrogen (secondary N) is 2. The number of aliphatic carboxylic acids is 1. The van der Waals surface area contributed by atoms with Crippen molar-refractivity contribution in [3.63, 3.8) is 0 Å². The van der Waals surface area contributed by atoms with Crippen LogP contribution in [0.1, 0.15) is 0 Å². The van der Waals surface area contributed by atoms with E-state index in [-0.39, 0.29) is 6.54 Å². The molecular formula is C6H13N3O4. The summed E-state index contributed by atoms with van der Waals surface area (Å²) >= 11 is 0. The molecular weight excluding hydrogens is 178 g/mol. The summed E-state index contributed by atoms with van der Waals surface area (Å²) in [6.07, 6.45) is -1.58. The second-order valence-corrected chi connectivity index (χ2v) is 2.57. The van der Waals surface area contributed by atoms with Crippen LogP contribution in [-0.4, -0.2) is 54.0 Å². The zero-order valence-corrected chi connectivity index (χ0v) is 7.44. The molecule has 0 aromatic carbocycles. The lowest BCUT2D eigenvalue weighted by atomic mass is 10.4. The second kappa shape index (κ2) is 5.33. The Morgan fingerprint density at radius 1 is 1.46 bits per heavy atom. The lowest BCUT2D eigenvalue weighted by Gasteiger charge is -2.13. The fraction of sp³-hybridized carbons (Fsp3) is 0.667. The van der Waals surface area contributed by atoms with Gasteiger partial charge in [-0.1, -0.05) is 0 Å². The number of aliphatic hydroxyl groups is 1. The standard InChI is InChI=1S/C6H13N3O4/c1-9(2)8-6(13)7-3-4(10)5(11)12/h4,10H,3H2,1-2H3,(H,11,12)(H2,7,8,13)/t4-/m0/s1. The number of amides is 2. The minimum Gasteiger partial charge on any atom is -0.479 e. The van der Waals surface area contributed by atoms with Gasteiger partial charge in [0.15, 0.2) is 6.10 Å². The molecule has 0 heterocycles. The number of carbonyl (C=O) groups excluding carboxylic acids is 1. The molecule has 0 saturated carbocycles. The molecule has 0 bridgehead atoms. The first kappa shape index (κ1) is 11.7. The van der Waals surface area contributed by atoms with Crippen LogP contribution in [0.2, 0.25) is 0 Å². The molecule has 13 heavy (non-hydrogen) atoms. The summed E-state index contributed by atoms with van der Waals surface area (Å²) in [5.74, 6) is -1.37. The quantitative estimate of drug-likeness (QED) is 0.393. The van der Waals surface area contributed by atoms with Gasteiger partial charge >= 0.3 is 12.0 Å². The lowest BCUT2D eigenvalue weighted by molar-refractivity contribution is -0.146. The van der Waals surface area contributed by atoms with Gasteiger partial charge in [0.1, 0.15) is 0 Å². The number of hydrazine groups is 1. The highest BCUT2D eigenvalue weighted by Crippen LogP contribution is 1.79. The third kappa shape index (κ3) is 5.88. The van der Waals surface area contributed by atoms with Crippen molar-refractivity contribution in [2.24, 2.45) is 0 Å². The minimum atomic E-state index is -1.58. The smallest absolute Gasteiger partial charge is 0.334 e. The van der Waals surface area contributed by atoms with Crippen LogP contribution in [0.3, 0.4) is 0 Å². The fourth-order valence-corrected chi connectivity index (χ4v) is 0.519. The molecule has 0 aliphatic rings. The van der Waals surface area contributed by atoms with Gasteiger partial charge in [-0.05, 0) is 0 Å². The van der Waals surface area contributed by atoms with Gasteiger partial charge in [0.2, 0.25) is 0 Å². The van der Waals surface area contributed by atoms with Gasteiger partial charge in [-0.2, -0.15) is 0 Å². The molecule has 0 aromatic heterocycles. The number of hydrogen-bond acceptors (Lipinski definition) is 4. The Hall–Kier alpha value is -1.34. The second-order valence-electron chi connectivity index (χ2n) is 2.57. The van der Waals surface area contributed by atoms with Crippen molar-refractivity contribution in [2.45, 2.75) is 6.10 Å². The van der Waals surface area contributed by atoms with E-state index in [1.54, 1.807) is 14.1 Å². The first-order valence-corrected chi connectivity index (χ1v) is 3.56. The predicted octanol–water partition coefficient (Wildman–Crippen LogP) is -1.79.